The fraction of sp³-hybridized carbons (Fsp3) is 0.304. The summed E-state index contributed by atoms with van der Waals surface area (Å²) in [6, 6.07) is 14.8. The number of esters is 1. The van der Waals surface area contributed by atoms with Crippen LogP contribution in [-0.2, 0) is 11.3 Å². The van der Waals surface area contributed by atoms with E-state index in [1.165, 1.54) is 13.2 Å². The summed E-state index contributed by atoms with van der Waals surface area (Å²) in [5, 5.41) is 0.571. The highest BCUT2D eigenvalue weighted by atomic mass is 19.1. The molecular formula is C23H24FN3O2. The van der Waals surface area contributed by atoms with Gasteiger partial charge in [-0.05, 0) is 55.0 Å². The highest BCUT2D eigenvalue weighted by Gasteiger charge is 2.25. The van der Waals surface area contributed by atoms with Gasteiger partial charge in [-0.25, -0.2) is 9.18 Å². The molecule has 150 valence electrons. The summed E-state index contributed by atoms with van der Waals surface area (Å²) in [7, 11) is 1.39. The van der Waals surface area contributed by atoms with Gasteiger partial charge in [-0.2, -0.15) is 0 Å². The number of hydrogen-bond acceptors (Lipinski definition) is 5. The molecule has 1 atom stereocenters. The van der Waals surface area contributed by atoms with E-state index < -0.39 is 0 Å². The summed E-state index contributed by atoms with van der Waals surface area (Å²) >= 11 is 0. The van der Waals surface area contributed by atoms with E-state index in [9.17, 15) is 9.18 Å². The molecule has 6 heteroatoms. The van der Waals surface area contributed by atoms with Gasteiger partial charge in [0.1, 0.15) is 5.82 Å². The Kier molecular flexibility index (Phi) is 5.45. The number of carbonyl (C=O) groups is 1. The molecule has 0 bridgehead atoms. The van der Waals surface area contributed by atoms with Crippen LogP contribution in [0.2, 0.25) is 0 Å². The third-order valence-corrected chi connectivity index (χ3v) is 5.59. The van der Waals surface area contributed by atoms with Crippen LogP contribution in [0.1, 0.15) is 22.8 Å². The highest BCUT2D eigenvalue weighted by Crippen LogP contribution is 2.25. The molecule has 0 saturated carbocycles. The third-order valence-electron chi connectivity index (χ3n) is 5.59. The van der Waals surface area contributed by atoms with Gasteiger partial charge in [-0.1, -0.05) is 6.07 Å². The van der Waals surface area contributed by atoms with Crippen LogP contribution in [0.4, 0.5) is 10.1 Å². The first-order valence-electron chi connectivity index (χ1n) is 9.76. The number of benzene rings is 2. The first kappa shape index (κ1) is 19.3. The van der Waals surface area contributed by atoms with Crippen molar-refractivity contribution in [1.29, 1.82) is 0 Å². The molecule has 0 spiro atoms. The summed E-state index contributed by atoms with van der Waals surface area (Å²) in [6.45, 7) is 5.60. The molecule has 0 N–H and O–H groups in total. The SMILES string of the molecule is COC(=O)c1ccc(N2CCN(Cc3ccc(F)c4cccnc34)C(C)C2)cc1. The van der Waals surface area contributed by atoms with Gasteiger partial charge in [0.25, 0.3) is 0 Å². The van der Waals surface area contributed by atoms with Crippen LogP contribution in [0.5, 0.6) is 0 Å². The van der Waals surface area contributed by atoms with Crippen molar-refractivity contribution in [3.63, 3.8) is 0 Å². The van der Waals surface area contributed by atoms with Gasteiger partial charge in [0.05, 0.1) is 18.2 Å². The number of methoxy groups -OCH3 is 1. The number of rotatable bonds is 4. The van der Waals surface area contributed by atoms with Crippen LogP contribution < -0.4 is 4.90 Å². The summed E-state index contributed by atoms with van der Waals surface area (Å²) in [5.74, 6) is -0.556. The Bertz CT molecular complexity index is 1020. The van der Waals surface area contributed by atoms with E-state index in [1.54, 1.807) is 30.5 Å². The molecule has 29 heavy (non-hydrogen) atoms. The lowest BCUT2D eigenvalue weighted by Crippen LogP contribution is -2.51. The number of halogens is 1. The average Bonchev–Trinajstić information content (AvgIpc) is 2.76. The van der Waals surface area contributed by atoms with E-state index in [4.69, 9.17) is 4.74 Å². The molecule has 3 aromatic rings. The number of hydrogen-bond donors (Lipinski definition) is 0. The summed E-state index contributed by atoms with van der Waals surface area (Å²) in [6.07, 6.45) is 1.71. The van der Waals surface area contributed by atoms with Gasteiger partial charge in [0.15, 0.2) is 0 Å². The molecule has 2 heterocycles. The number of ether oxygens (including phenoxy) is 1. The number of piperazine rings is 1. The van der Waals surface area contributed by atoms with Crippen molar-refractivity contribution < 1.29 is 13.9 Å². The molecule has 1 unspecified atom stereocenters. The minimum absolute atomic E-state index is 0.231. The fourth-order valence-electron chi connectivity index (χ4n) is 3.93. The number of aromatic nitrogens is 1. The molecule has 1 saturated heterocycles. The Balaban J connectivity index is 1.46. The maximum Gasteiger partial charge on any atom is 0.337 e. The van der Waals surface area contributed by atoms with E-state index in [1.807, 2.05) is 18.2 Å². The topological polar surface area (TPSA) is 45.7 Å². The standard InChI is InChI=1S/C23H24FN3O2/c1-16-14-27(19-8-5-17(6-9-19)23(28)29-2)13-12-26(16)15-18-7-10-21(24)20-4-3-11-25-22(18)20/h3-11,16H,12-15H2,1-2H3. The van der Waals surface area contributed by atoms with Gasteiger partial charge < -0.3 is 9.64 Å². The van der Waals surface area contributed by atoms with Crippen molar-refractivity contribution in [2.45, 2.75) is 19.5 Å². The van der Waals surface area contributed by atoms with Crippen molar-refractivity contribution in [2.24, 2.45) is 0 Å². The Morgan fingerprint density at radius 3 is 2.69 bits per heavy atom. The van der Waals surface area contributed by atoms with Crippen LogP contribution in [0.25, 0.3) is 10.9 Å². The second kappa shape index (κ2) is 8.17. The molecule has 0 aliphatic carbocycles. The predicted molar refractivity (Wildman–Crippen MR) is 112 cm³/mol. The Morgan fingerprint density at radius 1 is 1.17 bits per heavy atom. The Morgan fingerprint density at radius 2 is 1.97 bits per heavy atom. The zero-order chi connectivity index (χ0) is 20.4. The molecule has 0 radical (unpaired) electrons. The fourth-order valence-corrected chi connectivity index (χ4v) is 3.93. The molecule has 1 aliphatic heterocycles. The number of nitrogens with zero attached hydrogens (tertiary/aromatic N) is 3. The predicted octanol–water partition coefficient (Wildman–Crippen LogP) is 3.87. The molecular weight excluding hydrogens is 369 g/mol. The molecule has 1 aliphatic rings. The van der Waals surface area contributed by atoms with E-state index in [0.29, 0.717) is 17.0 Å². The number of anilines is 1. The molecule has 0 amide bonds. The van der Waals surface area contributed by atoms with Gasteiger partial charge in [-0.3, -0.25) is 9.88 Å². The van der Waals surface area contributed by atoms with E-state index >= 15 is 0 Å². The lowest BCUT2D eigenvalue weighted by atomic mass is 10.1. The van der Waals surface area contributed by atoms with Crippen LogP contribution in [-0.4, -0.2) is 48.6 Å². The minimum atomic E-state index is -0.324. The first-order chi connectivity index (χ1) is 14.1. The summed E-state index contributed by atoms with van der Waals surface area (Å²) < 4.78 is 18.8. The van der Waals surface area contributed by atoms with E-state index in [0.717, 1.165) is 42.9 Å². The number of pyridine rings is 1. The highest BCUT2D eigenvalue weighted by molar-refractivity contribution is 5.89. The molecule has 5 nitrogen and oxygen atoms in total. The van der Waals surface area contributed by atoms with Crippen LogP contribution >= 0.6 is 0 Å². The quantitative estimate of drug-likeness (QED) is 0.630. The monoisotopic (exact) mass is 393 g/mol. The third kappa shape index (κ3) is 3.93. The summed E-state index contributed by atoms with van der Waals surface area (Å²) in [4.78, 5) is 20.7. The van der Waals surface area contributed by atoms with Gasteiger partial charge in [0, 0.05) is 49.5 Å². The second-order valence-corrected chi connectivity index (χ2v) is 7.41. The Hall–Kier alpha value is -2.99. The zero-order valence-electron chi connectivity index (χ0n) is 16.6. The molecule has 4 rings (SSSR count). The van der Waals surface area contributed by atoms with Crippen molar-refractivity contribution in [3.8, 4) is 0 Å². The normalized spacial score (nSPS) is 17.5. The lowest BCUT2D eigenvalue weighted by Gasteiger charge is -2.41. The number of fused-ring (bicyclic) bond motifs is 1. The molecule has 1 aromatic heterocycles. The first-order valence-corrected chi connectivity index (χ1v) is 9.76. The van der Waals surface area contributed by atoms with Crippen LogP contribution in [0, 0.1) is 5.82 Å². The zero-order valence-corrected chi connectivity index (χ0v) is 16.6. The maximum atomic E-state index is 14.1. The van der Waals surface area contributed by atoms with Crippen molar-refractivity contribution >= 4 is 22.6 Å². The van der Waals surface area contributed by atoms with Crippen molar-refractivity contribution in [1.82, 2.24) is 9.88 Å². The van der Waals surface area contributed by atoms with Crippen LogP contribution in [0.15, 0.2) is 54.7 Å². The van der Waals surface area contributed by atoms with Crippen molar-refractivity contribution in [3.05, 3.63) is 71.7 Å². The van der Waals surface area contributed by atoms with Crippen molar-refractivity contribution in [2.75, 3.05) is 31.6 Å². The van der Waals surface area contributed by atoms with Gasteiger partial charge in [-0.15, -0.1) is 0 Å². The minimum Gasteiger partial charge on any atom is -0.465 e. The largest absolute Gasteiger partial charge is 0.465 e. The van der Waals surface area contributed by atoms with E-state index in [2.05, 4.69) is 21.7 Å². The average molecular weight is 393 g/mol. The maximum absolute atomic E-state index is 14.1. The lowest BCUT2D eigenvalue weighted by molar-refractivity contribution is 0.0600. The van der Waals surface area contributed by atoms with Gasteiger partial charge in [0.2, 0.25) is 0 Å². The Labute approximate surface area is 169 Å². The van der Waals surface area contributed by atoms with E-state index in [-0.39, 0.29) is 11.8 Å². The summed E-state index contributed by atoms with van der Waals surface area (Å²) in [5.41, 5.74) is 3.43. The van der Waals surface area contributed by atoms with Gasteiger partial charge >= 0.3 is 5.97 Å². The molecule has 2 aromatic carbocycles. The second-order valence-electron chi connectivity index (χ2n) is 7.41. The smallest absolute Gasteiger partial charge is 0.337 e. The molecule has 1 fully saturated rings. The number of carbonyl (C=O) groups excluding carboxylic acids is 1. The van der Waals surface area contributed by atoms with Crippen LogP contribution in [0.3, 0.4) is 0 Å².